The van der Waals surface area contributed by atoms with Gasteiger partial charge in [0, 0.05) is 19.7 Å². The van der Waals surface area contributed by atoms with Crippen molar-refractivity contribution in [3.8, 4) is 0 Å². The lowest BCUT2D eigenvalue weighted by atomic mass is 10.0. The molecule has 0 saturated carbocycles. The third-order valence-electron chi connectivity index (χ3n) is 1.72. The minimum absolute atomic E-state index is 0.408. The molecule has 0 bridgehead atoms. The molecule has 0 amide bonds. The molecule has 90 valence electrons. The summed E-state index contributed by atoms with van der Waals surface area (Å²) in [5, 5.41) is 1.62. The van der Waals surface area contributed by atoms with Gasteiger partial charge < -0.3 is 5.32 Å². The summed E-state index contributed by atoms with van der Waals surface area (Å²) >= 11 is 0. The molecule has 4 heteroatoms. The molecular weight excluding hydrogens is 215 g/mol. The van der Waals surface area contributed by atoms with Crippen molar-refractivity contribution < 1.29 is 26.9 Å². The molecule has 1 aromatic carbocycles. The Morgan fingerprint density at radius 1 is 1.50 bits per heavy atom. The van der Waals surface area contributed by atoms with Gasteiger partial charge in [-0.2, -0.15) is 13.2 Å². The van der Waals surface area contributed by atoms with Crippen LogP contribution >= 0.6 is 0 Å². The molecule has 0 aliphatic carbocycles. The van der Waals surface area contributed by atoms with E-state index in [4.69, 9.17) is 13.7 Å². The SMILES string of the molecule is [2H]C([2H])([2H])C(NC([2H])([2H])C([2H])([2H])[2H])C([2H])([2H])c1cccc(C(F)(F)F)c1. The number of rotatable bonds is 4. The molecule has 1 nitrogen and oxygen atoms in total. The van der Waals surface area contributed by atoms with Gasteiger partial charge in [0.05, 0.1) is 5.56 Å². The number of alkyl halides is 3. The van der Waals surface area contributed by atoms with Crippen molar-refractivity contribution >= 4 is 0 Å². The van der Waals surface area contributed by atoms with Gasteiger partial charge >= 0.3 is 6.18 Å². The molecule has 0 fully saturated rings. The van der Waals surface area contributed by atoms with Crippen molar-refractivity contribution in [3.63, 3.8) is 0 Å². The molecule has 0 heterocycles. The minimum atomic E-state index is -4.80. The topological polar surface area (TPSA) is 12.0 Å². The Labute approximate surface area is 108 Å². The lowest BCUT2D eigenvalue weighted by Crippen LogP contribution is -2.27. The van der Waals surface area contributed by atoms with Crippen molar-refractivity contribution in [3.05, 3.63) is 35.4 Å². The smallest absolute Gasteiger partial charge is 0.314 e. The van der Waals surface area contributed by atoms with Crippen LogP contribution in [0.4, 0.5) is 13.2 Å². The molecule has 0 aliphatic heterocycles. The molecule has 1 atom stereocenters. The molecule has 0 radical (unpaired) electrons. The number of halogens is 3. The van der Waals surface area contributed by atoms with E-state index in [1.807, 2.05) is 0 Å². The molecule has 0 aliphatic rings. The van der Waals surface area contributed by atoms with E-state index < -0.39 is 49.9 Å². The zero-order valence-corrected chi connectivity index (χ0v) is 8.02. The minimum Gasteiger partial charge on any atom is -0.314 e. The van der Waals surface area contributed by atoms with E-state index in [1.54, 1.807) is 5.32 Å². The number of nitrogens with one attached hydrogen (secondary N) is 1. The summed E-state index contributed by atoms with van der Waals surface area (Å²) in [5.74, 6) is 0. The van der Waals surface area contributed by atoms with Gasteiger partial charge in [-0.3, -0.25) is 0 Å². The fourth-order valence-electron chi connectivity index (χ4n) is 1.06. The molecule has 0 aromatic heterocycles. The van der Waals surface area contributed by atoms with Crippen molar-refractivity contribution in [1.29, 1.82) is 0 Å². The zero-order valence-electron chi connectivity index (χ0n) is 18.0. The predicted molar refractivity (Wildman–Crippen MR) is 58.3 cm³/mol. The Balaban J connectivity index is 3.43. The fourth-order valence-corrected chi connectivity index (χ4v) is 1.06. The Kier molecular flexibility index (Phi) is 1.57. The van der Waals surface area contributed by atoms with Crippen LogP contribution in [-0.2, 0) is 12.5 Å². The summed E-state index contributed by atoms with van der Waals surface area (Å²) in [4.78, 5) is 0. The maximum Gasteiger partial charge on any atom is 0.416 e. The standard InChI is InChI=1S/C12H16F3N/c1-3-16-9(2)7-10-5-4-6-11(8-10)12(13,14)15/h4-6,8-9,16H,3,7H2,1-2H3/i1D3,2D3,3D2,7D2. The van der Waals surface area contributed by atoms with Crippen molar-refractivity contribution in [2.75, 3.05) is 6.50 Å². The first-order chi connectivity index (χ1) is 11.3. The number of hydrogen-bond acceptors (Lipinski definition) is 1. The normalized spacial score (nSPS) is 26.4. The van der Waals surface area contributed by atoms with E-state index in [0.29, 0.717) is 12.1 Å². The highest BCUT2D eigenvalue weighted by molar-refractivity contribution is 5.26. The van der Waals surface area contributed by atoms with Crippen LogP contribution in [0.2, 0.25) is 0 Å². The van der Waals surface area contributed by atoms with Gasteiger partial charge in [0.15, 0.2) is 0 Å². The number of benzene rings is 1. The van der Waals surface area contributed by atoms with Crippen LogP contribution in [-0.4, -0.2) is 12.5 Å². The van der Waals surface area contributed by atoms with E-state index >= 15 is 0 Å². The summed E-state index contributed by atoms with van der Waals surface area (Å²) < 4.78 is 113. The van der Waals surface area contributed by atoms with Crippen LogP contribution in [0.3, 0.4) is 0 Å². The van der Waals surface area contributed by atoms with E-state index in [1.165, 1.54) is 0 Å². The summed E-state index contributed by atoms with van der Waals surface area (Å²) in [5.41, 5.74) is -1.90. The lowest BCUT2D eigenvalue weighted by molar-refractivity contribution is -0.137. The average molecular weight is 241 g/mol. The highest BCUT2D eigenvalue weighted by Gasteiger charge is 2.30. The molecule has 1 N–H and O–H groups in total. The molecule has 0 saturated heterocycles. The molecule has 1 unspecified atom stereocenters. The third kappa shape index (κ3) is 3.85. The molecular formula is C12H16F3N. The average Bonchev–Trinajstić information content (AvgIpc) is 2.41. The molecule has 1 aromatic rings. The Bertz CT molecular complexity index is 635. The van der Waals surface area contributed by atoms with Gasteiger partial charge in [0.25, 0.3) is 0 Å². The Hall–Kier alpha value is -1.03. The van der Waals surface area contributed by atoms with Crippen LogP contribution in [0.15, 0.2) is 24.3 Å². The zero-order chi connectivity index (χ0) is 20.8. The first kappa shape index (κ1) is 4.69. The number of likely N-dealkylation sites (N-methyl/N-ethyl adjacent to an activating group) is 1. The second-order valence-corrected chi connectivity index (χ2v) is 2.93. The summed E-state index contributed by atoms with van der Waals surface area (Å²) in [6.07, 6.45) is -7.84. The second-order valence-electron chi connectivity index (χ2n) is 2.93. The molecule has 1 rings (SSSR count). The maximum atomic E-state index is 12.8. The third-order valence-corrected chi connectivity index (χ3v) is 1.72. The first-order valence-corrected chi connectivity index (χ1v) is 4.25. The van der Waals surface area contributed by atoms with Crippen LogP contribution in [0.1, 0.15) is 38.5 Å². The van der Waals surface area contributed by atoms with Crippen LogP contribution in [0, 0.1) is 0 Å². The highest BCUT2D eigenvalue weighted by atomic mass is 19.4. The van der Waals surface area contributed by atoms with Gasteiger partial charge in [-0.25, -0.2) is 0 Å². The fraction of sp³-hybridized carbons (Fsp3) is 0.500. The first-order valence-electron chi connectivity index (χ1n) is 9.25. The van der Waals surface area contributed by atoms with Gasteiger partial charge in [-0.15, -0.1) is 0 Å². The van der Waals surface area contributed by atoms with Crippen LogP contribution in [0.5, 0.6) is 0 Å². The van der Waals surface area contributed by atoms with Gasteiger partial charge in [0.2, 0.25) is 0 Å². The van der Waals surface area contributed by atoms with E-state index in [-0.39, 0.29) is 0 Å². The lowest BCUT2D eigenvalue weighted by Gasteiger charge is -2.13. The predicted octanol–water partition coefficient (Wildman–Crippen LogP) is 3.25. The van der Waals surface area contributed by atoms with Crippen molar-refractivity contribution in [2.24, 2.45) is 0 Å². The molecule has 16 heavy (non-hydrogen) atoms. The quantitative estimate of drug-likeness (QED) is 0.853. The van der Waals surface area contributed by atoms with E-state index in [9.17, 15) is 13.2 Å². The second kappa shape index (κ2) is 5.34. The van der Waals surface area contributed by atoms with Gasteiger partial charge in [-0.1, -0.05) is 25.1 Å². The number of hydrogen-bond donors (Lipinski definition) is 1. The Morgan fingerprint density at radius 3 is 2.94 bits per heavy atom. The largest absolute Gasteiger partial charge is 0.416 e. The highest BCUT2D eigenvalue weighted by Crippen LogP contribution is 2.29. The summed E-state index contributed by atoms with van der Waals surface area (Å²) in [6.45, 7) is -9.88. The van der Waals surface area contributed by atoms with E-state index in [0.717, 1.165) is 12.1 Å². The van der Waals surface area contributed by atoms with Crippen LogP contribution < -0.4 is 5.32 Å². The molecule has 0 spiro atoms. The summed E-state index contributed by atoms with van der Waals surface area (Å²) in [7, 11) is 0. The van der Waals surface area contributed by atoms with Crippen LogP contribution in [0.25, 0.3) is 0 Å². The Morgan fingerprint density at radius 2 is 2.31 bits per heavy atom. The van der Waals surface area contributed by atoms with Gasteiger partial charge in [-0.05, 0) is 31.4 Å². The van der Waals surface area contributed by atoms with E-state index in [2.05, 4.69) is 0 Å². The van der Waals surface area contributed by atoms with Gasteiger partial charge in [0.1, 0.15) is 0 Å². The summed E-state index contributed by atoms with van der Waals surface area (Å²) in [6, 6.07) is 0.449. The maximum absolute atomic E-state index is 12.8. The van der Waals surface area contributed by atoms with Crippen molar-refractivity contribution in [2.45, 2.75) is 32.3 Å². The van der Waals surface area contributed by atoms with Crippen molar-refractivity contribution in [1.82, 2.24) is 5.32 Å². The monoisotopic (exact) mass is 241 g/mol.